The maximum Gasteiger partial charge on any atom is 0.387 e. The summed E-state index contributed by atoms with van der Waals surface area (Å²) in [6, 6.07) is 14.7. The van der Waals surface area contributed by atoms with Crippen LogP contribution in [0.15, 0.2) is 59.5 Å². The number of alkyl halides is 2. The van der Waals surface area contributed by atoms with Gasteiger partial charge in [0.15, 0.2) is 11.5 Å². The summed E-state index contributed by atoms with van der Waals surface area (Å²) in [6.45, 7) is -1.27. The van der Waals surface area contributed by atoms with Crippen molar-refractivity contribution in [1.82, 2.24) is 4.90 Å². The van der Waals surface area contributed by atoms with Crippen molar-refractivity contribution < 1.29 is 31.5 Å². The minimum absolute atomic E-state index is 0.0985. The van der Waals surface area contributed by atoms with E-state index in [-0.39, 0.29) is 36.1 Å². The molecule has 33 heavy (non-hydrogen) atoms. The van der Waals surface area contributed by atoms with Gasteiger partial charge < -0.3 is 14.4 Å². The summed E-state index contributed by atoms with van der Waals surface area (Å²) in [5.74, 6) is -0.381. The van der Waals surface area contributed by atoms with E-state index >= 15 is 0 Å². The van der Waals surface area contributed by atoms with Gasteiger partial charge in [-0.2, -0.15) is 8.78 Å². The molecule has 0 N–H and O–H groups in total. The first-order chi connectivity index (χ1) is 15.7. The van der Waals surface area contributed by atoms with Gasteiger partial charge in [0.25, 0.3) is 10.0 Å². The Morgan fingerprint density at radius 3 is 2.52 bits per heavy atom. The molecule has 7 nitrogen and oxygen atoms in total. The summed E-state index contributed by atoms with van der Waals surface area (Å²) in [5, 5.41) is 1.39. The standard InChI is InChI=1S/C23H22F2N2O5S/c1-3-31-19-12-15(10-11-18(19)32-23(24)25)13-26(2)21(28)14-27-17-8-4-6-16-7-5-9-20(22(16)17)33(27,29)30/h4-12,23H,3,13-14H2,1-2H3. The Hall–Kier alpha value is -3.40. The van der Waals surface area contributed by atoms with E-state index < -0.39 is 22.5 Å². The van der Waals surface area contributed by atoms with Crippen molar-refractivity contribution in [3.63, 3.8) is 0 Å². The Morgan fingerprint density at radius 2 is 1.82 bits per heavy atom. The van der Waals surface area contributed by atoms with Crippen molar-refractivity contribution in [2.75, 3.05) is 24.5 Å². The maximum absolute atomic E-state index is 13.1. The van der Waals surface area contributed by atoms with Crippen LogP contribution in [0.5, 0.6) is 11.5 Å². The molecule has 0 atom stereocenters. The van der Waals surface area contributed by atoms with Crippen LogP contribution in [0.4, 0.5) is 14.5 Å². The minimum atomic E-state index is -3.85. The predicted molar refractivity (Wildman–Crippen MR) is 119 cm³/mol. The smallest absolute Gasteiger partial charge is 0.387 e. The molecule has 0 aromatic heterocycles. The number of nitrogens with zero attached hydrogens (tertiary/aromatic N) is 2. The van der Waals surface area contributed by atoms with Gasteiger partial charge in [0, 0.05) is 19.0 Å². The molecule has 174 valence electrons. The number of ether oxygens (including phenoxy) is 2. The highest BCUT2D eigenvalue weighted by Crippen LogP contribution is 2.41. The fourth-order valence-corrected chi connectivity index (χ4v) is 5.51. The molecule has 3 aromatic rings. The van der Waals surface area contributed by atoms with E-state index in [1.165, 1.54) is 23.1 Å². The van der Waals surface area contributed by atoms with Crippen molar-refractivity contribution in [2.45, 2.75) is 25.0 Å². The lowest BCUT2D eigenvalue weighted by molar-refractivity contribution is -0.128. The van der Waals surface area contributed by atoms with Crippen molar-refractivity contribution in [2.24, 2.45) is 0 Å². The number of anilines is 1. The second kappa shape index (κ2) is 8.86. The van der Waals surface area contributed by atoms with Gasteiger partial charge in [-0.1, -0.05) is 30.3 Å². The molecule has 4 rings (SSSR count). The van der Waals surface area contributed by atoms with Crippen molar-refractivity contribution in [3.8, 4) is 11.5 Å². The Labute approximate surface area is 190 Å². The molecular formula is C23H22F2N2O5S. The number of rotatable bonds is 8. The summed E-state index contributed by atoms with van der Waals surface area (Å²) >= 11 is 0. The zero-order chi connectivity index (χ0) is 23.8. The summed E-state index contributed by atoms with van der Waals surface area (Å²) in [7, 11) is -2.31. The van der Waals surface area contributed by atoms with Gasteiger partial charge in [-0.05, 0) is 42.1 Å². The van der Waals surface area contributed by atoms with E-state index in [0.29, 0.717) is 16.6 Å². The summed E-state index contributed by atoms with van der Waals surface area (Å²) in [6.07, 6.45) is 0. The number of amides is 1. The van der Waals surface area contributed by atoms with Gasteiger partial charge in [-0.25, -0.2) is 8.42 Å². The normalized spacial score (nSPS) is 14.0. The van der Waals surface area contributed by atoms with Crippen LogP contribution in [-0.2, 0) is 21.4 Å². The molecule has 1 amide bonds. The summed E-state index contributed by atoms with van der Waals surface area (Å²) in [5.41, 5.74) is 1.09. The monoisotopic (exact) mass is 476 g/mol. The molecule has 0 unspecified atom stereocenters. The van der Waals surface area contributed by atoms with Gasteiger partial charge >= 0.3 is 6.61 Å². The second-order valence-corrected chi connectivity index (χ2v) is 9.32. The molecule has 1 aliphatic heterocycles. The van der Waals surface area contributed by atoms with Gasteiger partial charge in [0.2, 0.25) is 5.91 Å². The third-order valence-electron chi connectivity index (χ3n) is 5.33. The van der Waals surface area contributed by atoms with E-state index in [1.807, 2.05) is 12.1 Å². The van der Waals surface area contributed by atoms with E-state index in [1.54, 1.807) is 38.2 Å². The average molecular weight is 477 g/mol. The number of carbonyl (C=O) groups excluding carboxylic acids is 1. The molecule has 1 heterocycles. The number of hydrogen-bond acceptors (Lipinski definition) is 5. The highest BCUT2D eigenvalue weighted by molar-refractivity contribution is 7.93. The third-order valence-corrected chi connectivity index (χ3v) is 7.13. The summed E-state index contributed by atoms with van der Waals surface area (Å²) in [4.78, 5) is 14.5. The first kappa shape index (κ1) is 22.8. The SMILES string of the molecule is CCOc1cc(CN(C)C(=O)CN2c3cccc4cccc(c34)S2(=O)=O)ccc1OC(F)F. The largest absolute Gasteiger partial charge is 0.490 e. The molecule has 0 aliphatic carbocycles. The Balaban J connectivity index is 1.53. The van der Waals surface area contributed by atoms with Crippen LogP contribution in [0, 0.1) is 0 Å². The fraction of sp³-hybridized carbons (Fsp3) is 0.261. The molecule has 0 saturated heterocycles. The first-order valence-corrected chi connectivity index (χ1v) is 11.7. The van der Waals surface area contributed by atoms with Crippen LogP contribution in [0.1, 0.15) is 12.5 Å². The molecular weight excluding hydrogens is 454 g/mol. The maximum atomic E-state index is 13.1. The van der Waals surface area contributed by atoms with Gasteiger partial charge in [0.05, 0.1) is 17.2 Å². The van der Waals surface area contributed by atoms with Crippen LogP contribution in [-0.4, -0.2) is 46.0 Å². The molecule has 1 aliphatic rings. The number of carbonyl (C=O) groups is 1. The topological polar surface area (TPSA) is 76.2 Å². The molecule has 0 saturated carbocycles. The lowest BCUT2D eigenvalue weighted by atomic mass is 10.1. The van der Waals surface area contributed by atoms with Crippen LogP contribution in [0.25, 0.3) is 10.8 Å². The second-order valence-electron chi connectivity index (χ2n) is 7.49. The van der Waals surface area contributed by atoms with Crippen molar-refractivity contribution in [1.29, 1.82) is 0 Å². The number of hydrogen-bond donors (Lipinski definition) is 0. The average Bonchev–Trinajstić information content (AvgIpc) is 2.98. The molecule has 3 aromatic carbocycles. The highest BCUT2D eigenvalue weighted by atomic mass is 32.2. The van der Waals surface area contributed by atoms with Crippen molar-refractivity contribution in [3.05, 3.63) is 60.2 Å². The van der Waals surface area contributed by atoms with Crippen molar-refractivity contribution >= 4 is 32.4 Å². The highest BCUT2D eigenvalue weighted by Gasteiger charge is 2.37. The molecule has 10 heteroatoms. The molecule has 0 fully saturated rings. The number of likely N-dealkylation sites (N-methyl/N-ethyl adjacent to an activating group) is 1. The summed E-state index contributed by atoms with van der Waals surface area (Å²) < 4.78 is 62.3. The lowest BCUT2D eigenvalue weighted by Crippen LogP contribution is -2.39. The van der Waals surface area contributed by atoms with Crippen LogP contribution >= 0.6 is 0 Å². The van der Waals surface area contributed by atoms with Crippen LogP contribution in [0.3, 0.4) is 0 Å². The Kier molecular flexibility index (Phi) is 6.11. The molecule has 0 spiro atoms. The van der Waals surface area contributed by atoms with Crippen LogP contribution < -0.4 is 13.8 Å². The zero-order valence-electron chi connectivity index (χ0n) is 18.0. The van der Waals surface area contributed by atoms with E-state index in [4.69, 9.17) is 4.74 Å². The lowest BCUT2D eigenvalue weighted by Gasteiger charge is -2.23. The zero-order valence-corrected chi connectivity index (χ0v) is 18.8. The van der Waals surface area contributed by atoms with Gasteiger partial charge in [0.1, 0.15) is 6.54 Å². The number of benzene rings is 3. The van der Waals surface area contributed by atoms with E-state index in [2.05, 4.69) is 4.74 Å². The van der Waals surface area contributed by atoms with Crippen LogP contribution in [0.2, 0.25) is 0 Å². The third kappa shape index (κ3) is 4.30. The Morgan fingerprint density at radius 1 is 1.09 bits per heavy atom. The van der Waals surface area contributed by atoms with Gasteiger partial charge in [-0.3, -0.25) is 9.10 Å². The molecule has 0 bridgehead atoms. The van der Waals surface area contributed by atoms with E-state index in [0.717, 1.165) is 9.69 Å². The van der Waals surface area contributed by atoms with E-state index in [9.17, 15) is 22.0 Å². The van der Waals surface area contributed by atoms with Gasteiger partial charge in [-0.15, -0.1) is 0 Å². The predicted octanol–water partition coefficient (Wildman–Crippen LogP) is 4.01. The minimum Gasteiger partial charge on any atom is -0.490 e. The first-order valence-electron chi connectivity index (χ1n) is 10.2. The number of halogens is 2. The Bertz CT molecular complexity index is 1310. The fourth-order valence-electron chi connectivity index (χ4n) is 3.85. The molecule has 0 radical (unpaired) electrons. The quantitative estimate of drug-likeness (QED) is 0.491. The number of sulfonamides is 1.